The van der Waals surface area contributed by atoms with Gasteiger partial charge in [0, 0.05) is 24.7 Å². The Kier molecular flexibility index (Phi) is 3.79. The highest BCUT2D eigenvalue weighted by Crippen LogP contribution is 2.35. The van der Waals surface area contributed by atoms with Gasteiger partial charge in [0.1, 0.15) is 5.56 Å². The molecular formula is C20H20N2O3. The third kappa shape index (κ3) is 2.60. The van der Waals surface area contributed by atoms with Gasteiger partial charge < -0.3 is 9.88 Å². The smallest absolute Gasteiger partial charge is 0.261 e. The predicted octanol–water partition coefficient (Wildman–Crippen LogP) is 2.65. The number of amides is 1. The molecule has 25 heavy (non-hydrogen) atoms. The van der Waals surface area contributed by atoms with Crippen molar-refractivity contribution in [3.63, 3.8) is 0 Å². The predicted molar refractivity (Wildman–Crippen MR) is 93.9 cm³/mol. The molecule has 0 bridgehead atoms. The number of carbonyl (C=O) groups excluding carboxylic acids is 2. The van der Waals surface area contributed by atoms with Crippen LogP contribution in [0.2, 0.25) is 0 Å². The average molecular weight is 336 g/mol. The first-order chi connectivity index (χ1) is 12.1. The molecule has 0 spiro atoms. The number of fused-ring (bicyclic) bond motifs is 2. The minimum Gasteiger partial charge on any atom is -0.334 e. The van der Waals surface area contributed by atoms with Crippen LogP contribution in [0.15, 0.2) is 35.1 Å². The van der Waals surface area contributed by atoms with Gasteiger partial charge in [0.05, 0.1) is 6.04 Å². The standard InChI is InChI=1S/C20H20N2O3/c1-22(17-10-9-12-5-2-3-6-13(12)17)20(25)15-11-14-16(21-19(15)24)7-4-8-18(14)23/h2-3,5-6,11,17H,4,7-10H2,1H3,(H,21,24)/t17-/m0/s1. The van der Waals surface area contributed by atoms with Gasteiger partial charge in [-0.25, -0.2) is 0 Å². The molecule has 1 N–H and O–H groups in total. The molecule has 5 heteroatoms. The van der Waals surface area contributed by atoms with Gasteiger partial charge in [-0.1, -0.05) is 24.3 Å². The van der Waals surface area contributed by atoms with Crippen LogP contribution in [0.3, 0.4) is 0 Å². The summed E-state index contributed by atoms with van der Waals surface area (Å²) in [5, 5.41) is 0. The molecule has 2 aliphatic carbocycles. The van der Waals surface area contributed by atoms with E-state index in [0.29, 0.717) is 24.1 Å². The van der Waals surface area contributed by atoms with Crippen molar-refractivity contribution in [3.8, 4) is 0 Å². The van der Waals surface area contributed by atoms with Crippen LogP contribution in [0.4, 0.5) is 0 Å². The van der Waals surface area contributed by atoms with Crippen LogP contribution in [-0.2, 0) is 12.8 Å². The minimum absolute atomic E-state index is 0.000384. The number of nitrogens with one attached hydrogen (secondary N) is 1. The monoisotopic (exact) mass is 336 g/mol. The van der Waals surface area contributed by atoms with Crippen molar-refractivity contribution in [3.05, 3.63) is 68.6 Å². The van der Waals surface area contributed by atoms with Gasteiger partial charge in [-0.15, -0.1) is 0 Å². The van der Waals surface area contributed by atoms with Crippen LogP contribution < -0.4 is 5.56 Å². The highest BCUT2D eigenvalue weighted by molar-refractivity contribution is 6.01. The molecule has 2 aliphatic rings. The van der Waals surface area contributed by atoms with Crippen LogP contribution in [0.1, 0.15) is 62.8 Å². The second-order valence-electron chi connectivity index (χ2n) is 6.85. The molecular weight excluding hydrogens is 316 g/mol. The lowest BCUT2D eigenvalue weighted by Gasteiger charge is -2.26. The number of nitrogens with zero attached hydrogens (tertiary/aromatic N) is 1. The fourth-order valence-corrected chi connectivity index (χ4v) is 4.00. The van der Waals surface area contributed by atoms with E-state index in [1.165, 1.54) is 11.6 Å². The van der Waals surface area contributed by atoms with E-state index in [-0.39, 0.29) is 23.3 Å². The van der Waals surface area contributed by atoms with Crippen LogP contribution in [0, 0.1) is 0 Å². The number of hydrogen-bond donors (Lipinski definition) is 1. The summed E-state index contributed by atoms with van der Waals surface area (Å²) in [4.78, 5) is 41.8. The number of H-pyrrole nitrogens is 1. The van der Waals surface area contributed by atoms with E-state index in [0.717, 1.165) is 24.8 Å². The maximum absolute atomic E-state index is 12.9. The largest absolute Gasteiger partial charge is 0.334 e. The Bertz CT molecular complexity index is 929. The number of ketones is 1. The zero-order valence-corrected chi connectivity index (χ0v) is 14.2. The van der Waals surface area contributed by atoms with Crippen molar-refractivity contribution in [2.45, 2.75) is 38.1 Å². The van der Waals surface area contributed by atoms with Gasteiger partial charge in [0.25, 0.3) is 11.5 Å². The van der Waals surface area contributed by atoms with Gasteiger partial charge in [-0.05, 0) is 42.9 Å². The van der Waals surface area contributed by atoms with Crippen molar-refractivity contribution in [2.24, 2.45) is 0 Å². The van der Waals surface area contributed by atoms with Gasteiger partial charge in [0.2, 0.25) is 0 Å². The van der Waals surface area contributed by atoms with E-state index in [2.05, 4.69) is 11.1 Å². The number of aromatic nitrogens is 1. The highest BCUT2D eigenvalue weighted by atomic mass is 16.2. The van der Waals surface area contributed by atoms with Gasteiger partial charge in [-0.2, -0.15) is 0 Å². The van der Waals surface area contributed by atoms with Crippen LogP contribution in [0.25, 0.3) is 0 Å². The summed E-state index contributed by atoms with van der Waals surface area (Å²) in [6, 6.07) is 9.56. The minimum atomic E-state index is -0.406. The van der Waals surface area contributed by atoms with E-state index in [1.807, 2.05) is 18.2 Å². The Balaban J connectivity index is 1.69. The summed E-state index contributed by atoms with van der Waals surface area (Å²) < 4.78 is 0. The molecule has 1 atom stereocenters. The molecule has 128 valence electrons. The average Bonchev–Trinajstić information content (AvgIpc) is 3.04. The normalized spacial score (nSPS) is 18.6. The van der Waals surface area contributed by atoms with Crippen molar-refractivity contribution < 1.29 is 9.59 Å². The Morgan fingerprint density at radius 3 is 2.80 bits per heavy atom. The molecule has 1 aromatic carbocycles. The summed E-state index contributed by atoms with van der Waals surface area (Å²) >= 11 is 0. The Labute approximate surface area is 145 Å². The lowest BCUT2D eigenvalue weighted by Crippen LogP contribution is -2.35. The summed E-state index contributed by atoms with van der Waals surface area (Å²) in [6.45, 7) is 0. The number of hydrogen-bond acceptors (Lipinski definition) is 3. The topological polar surface area (TPSA) is 70.2 Å². The second-order valence-corrected chi connectivity index (χ2v) is 6.85. The Morgan fingerprint density at radius 1 is 1.16 bits per heavy atom. The molecule has 0 radical (unpaired) electrons. The Morgan fingerprint density at radius 2 is 1.96 bits per heavy atom. The lowest BCUT2D eigenvalue weighted by atomic mass is 9.93. The number of Topliss-reactive ketones (excluding diaryl/α,β-unsaturated/α-hetero) is 1. The van der Waals surface area contributed by atoms with Crippen LogP contribution in [0.5, 0.6) is 0 Å². The first-order valence-corrected chi connectivity index (χ1v) is 8.70. The molecule has 1 aromatic heterocycles. The van der Waals surface area contributed by atoms with Crippen LogP contribution in [-0.4, -0.2) is 28.6 Å². The van der Waals surface area contributed by atoms with Gasteiger partial charge in [-0.3, -0.25) is 14.4 Å². The molecule has 1 heterocycles. The molecule has 5 nitrogen and oxygen atoms in total. The molecule has 0 saturated heterocycles. The zero-order valence-electron chi connectivity index (χ0n) is 14.2. The molecule has 0 aliphatic heterocycles. The third-order valence-corrected chi connectivity index (χ3v) is 5.37. The Hall–Kier alpha value is -2.69. The van der Waals surface area contributed by atoms with Crippen LogP contribution >= 0.6 is 0 Å². The molecule has 0 fully saturated rings. The van der Waals surface area contributed by atoms with E-state index in [9.17, 15) is 14.4 Å². The molecule has 1 amide bonds. The second kappa shape index (κ2) is 5.99. The fraction of sp³-hybridized carbons (Fsp3) is 0.350. The van der Waals surface area contributed by atoms with E-state index in [1.54, 1.807) is 11.9 Å². The van der Waals surface area contributed by atoms with Crippen molar-refractivity contribution in [1.29, 1.82) is 0 Å². The van der Waals surface area contributed by atoms with Crippen molar-refractivity contribution >= 4 is 11.7 Å². The van der Waals surface area contributed by atoms with Crippen molar-refractivity contribution in [1.82, 2.24) is 9.88 Å². The third-order valence-electron chi connectivity index (χ3n) is 5.37. The SMILES string of the molecule is CN(C(=O)c1cc2c([nH]c1=O)CCCC2=O)[C@H]1CCc2ccccc21. The summed E-state index contributed by atoms with van der Waals surface area (Å²) in [5.41, 5.74) is 3.20. The number of benzene rings is 1. The maximum Gasteiger partial charge on any atom is 0.261 e. The van der Waals surface area contributed by atoms with Crippen molar-refractivity contribution in [2.75, 3.05) is 7.05 Å². The number of pyridine rings is 1. The van der Waals surface area contributed by atoms with Gasteiger partial charge >= 0.3 is 0 Å². The first kappa shape index (κ1) is 15.8. The molecule has 4 rings (SSSR count). The maximum atomic E-state index is 12.9. The highest BCUT2D eigenvalue weighted by Gasteiger charge is 2.31. The quantitative estimate of drug-likeness (QED) is 0.916. The lowest BCUT2D eigenvalue weighted by molar-refractivity contribution is 0.0728. The van der Waals surface area contributed by atoms with Gasteiger partial charge in [0.15, 0.2) is 5.78 Å². The summed E-state index contributed by atoms with van der Waals surface area (Å²) in [6.07, 6.45) is 3.67. The molecule has 0 saturated carbocycles. The van der Waals surface area contributed by atoms with E-state index < -0.39 is 5.56 Å². The molecule has 2 aromatic rings. The summed E-state index contributed by atoms with van der Waals surface area (Å²) in [7, 11) is 1.73. The number of aromatic amines is 1. The zero-order chi connectivity index (χ0) is 17.6. The summed E-state index contributed by atoms with van der Waals surface area (Å²) in [5.74, 6) is -0.329. The van der Waals surface area contributed by atoms with E-state index in [4.69, 9.17) is 0 Å². The van der Waals surface area contributed by atoms with E-state index >= 15 is 0 Å². The number of aryl methyl sites for hydroxylation is 2. The molecule has 0 unspecified atom stereocenters. The first-order valence-electron chi connectivity index (χ1n) is 8.70. The fourth-order valence-electron chi connectivity index (χ4n) is 4.00. The number of carbonyl (C=O) groups is 2. The number of rotatable bonds is 2.